The summed E-state index contributed by atoms with van der Waals surface area (Å²) in [4.78, 5) is 12.2. The number of benzene rings is 1. The molecule has 3 rings (SSSR count). The van der Waals surface area contributed by atoms with E-state index in [1.54, 1.807) is 11.8 Å². The molecule has 0 amide bonds. The van der Waals surface area contributed by atoms with Crippen LogP contribution in [0.15, 0.2) is 23.2 Å². The van der Waals surface area contributed by atoms with E-state index in [9.17, 15) is 4.79 Å². The van der Waals surface area contributed by atoms with Gasteiger partial charge in [0.05, 0.1) is 22.7 Å². The maximum atomic E-state index is 12.2. The van der Waals surface area contributed by atoms with Crippen molar-refractivity contribution in [3.05, 3.63) is 29.3 Å². The van der Waals surface area contributed by atoms with Crippen LogP contribution in [0, 0.1) is 6.92 Å². The first kappa shape index (κ1) is 12.6. The molecule has 1 aromatic carbocycles. The third-order valence-electron chi connectivity index (χ3n) is 3.42. The van der Waals surface area contributed by atoms with E-state index in [1.165, 1.54) is 5.56 Å². The standard InChI is InChI=1S/C15H17NO2S/c1-3-18-15(17)13-11-6-5-10(2)9-12(11)16-7-4-8-19-14(13)16/h5-6,9H,3-4,7-8H2,1-2H3. The molecule has 0 N–H and O–H groups in total. The van der Waals surface area contributed by atoms with Gasteiger partial charge >= 0.3 is 5.97 Å². The monoisotopic (exact) mass is 275 g/mol. The highest BCUT2D eigenvalue weighted by Crippen LogP contribution is 2.37. The van der Waals surface area contributed by atoms with E-state index >= 15 is 0 Å². The van der Waals surface area contributed by atoms with Crippen LogP contribution in [0.3, 0.4) is 0 Å². The number of nitrogens with zero attached hydrogens (tertiary/aromatic N) is 1. The van der Waals surface area contributed by atoms with Gasteiger partial charge in [0.15, 0.2) is 0 Å². The maximum absolute atomic E-state index is 12.2. The average Bonchev–Trinajstić information content (AvgIpc) is 2.73. The van der Waals surface area contributed by atoms with E-state index in [2.05, 4.69) is 23.6 Å². The second-order valence-electron chi connectivity index (χ2n) is 4.77. The van der Waals surface area contributed by atoms with Crippen LogP contribution in [0.5, 0.6) is 0 Å². The smallest absolute Gasteiger partial charge is 0.341 e. The molecule has 0 saturated heterocycles. The fraction of sp³-hybridized carbons (Fsp3) is 0.400. The average molecular weight is 275 g/mol. The Morgan fingerprint density at radius 2 is 2.32 bits per heavy atom. The van der Waals surface area contributed by atoms with Crippen molar-refractivity contribution < 1.29 is 9.53 Å². The number of aromatic nitrogens is 1. The number of carbonyl (C=O) groups excluding carboxylic acids is 1. The second-order valence-corrected chi connectivity index (χ2v) is 5.86. The minimum atomic E-state index is -0.195. The molecule has 0 unspecified atom stereocenters. The fourth-order valence-corrected chi connectivity index (χ4v) is 3.75. The van der Waals surface area contributed by atoms with Gasteiger partial charge < -0.3 is 9.30 Å². The van der Waals surface area contributed by atoms with Crippen molar-refractivity contribution in [3.8, 4) is 0 Å². The van der Waals surface area contributed by atoms with Gasteiger partial charge in [0.25, 0.3) is 0 Å². The topological polar surface area (TPSA) is 31.2 Å². The number of carbonyl (C=O) groups is 1. The Labute approximate surface area is 116 Å². The molecule has 0 fully saturated rings. The molecule has 1 aromatic heterocycles. The van der Waals surface area contributed by atoms with E-state index in [-0.39, 0.29) is 5.97 Å². The Bertz CT molecular complexity index is 645. The summed E-state index contributed by atoms with van der Waals surface area (Å²) in [6.45, 7) is 5.34. The molecule has 3 nitrogen and oxygen atoms in total. The summed E-state index contributed by atoms with van der Waals surface area (Å²) in [5.41, 5.74) is 3.13. The third-order valence-corrected chi connectivity index (χ3v) is 4.61. The summed E-state index contributed by atoms with van der Waals surface area (Å²) in [7, 11) is 0. The van der Waals surface area contributed by atoms with E-state index in [0.717, 1.165) is 40.2 Å². The van der Waals surface area contributed by atoms with E-state index in [0.29, 0.717) is 6.61 Å². The van der Waals surface area contributed by atoms with Gasteiger partial charge in [0.2, 0.25) is 0 Å². The molecule has 0 atom stereocenters. The minimum Gasteiger partial charge on any atom is -0.462 e. The summed E-state index contributed by atoms with van der Waals surface area (Å²) < 4.78 is 7.49. The Balaban J connectivity index is 2.27. The number of aryl methyl sites for hydroxylation is 2. The molecule has 0 radical (unpaired) electrons. The van der Waals surface area contributed by atoms with Crippen molar-refractivity contribution in [2.45, 2.75) is 31.8 Å². The summed E-state index contributed by atoms with van der Waals surface area (Å²) >= 11 is 1.76. The molecular weight excluding hydrogens is 258 g/mol. The summed E-state index contributed by atoms with van der Waals surface area (Å²) in [5.74, 6) is 0.876. The molecule has 0 saturated carbocycles. The highest BCUT2D eigenvalue weighted by atomic mass is 32.2. The van der Waals surface area contributed by atoms with Crippen LogP contribution in [-0.4, -0.2) is 22.9 Å². The van der Waals surface area contributed by atoms with Crippen LogP contribution in [-0.2, 0) is 11.3 Å². The number of esters is 1. The van der Waals surface area contributed by atoms with E-state index in [4.69, 9.17) is 4.74 Å². The van der Waals surface area contributed by atoms with Crippen LogP contribution in [0.2, 0.25) is 0 Å². The number of rotatable bonds is 2. The molecule has 0 bridgehead atoms. The molecular formula is C15H17NO2S. The molecule has 100 valence electrons. The number of ether oxygens (including phenoxy) is 1. The van der Waals surface area contributed by atoms with Crippen molar-refractivity contribution in [3.63, 3.8) is 0 Å². The molecule has 0 spiro atoms. The normalized spacial score (nSPS) is 14.4. The Hall–Kier alpha value is -1.42. The Morgan fingerprint density at radius 3 is 3.11 bits per heavy atom. The van der Waals surface area contributed by atoms with Crippen LogP contribution in [0.4, 0.5) is 0 Å². The lowest BCUT2D eigenvalue weighted by Crippen LogP contribution is -2.10. The highest BCUT2D eigenvalue weighted by molar-refractivity contribution is 7.99. The van der Waals surface area contributed by atoms with Crippen molar-refractivity contribution in [2.75, 3.05) is 12.4 Å². The number of hydrogen-bond donors (Lipinski definition) is 0. The van der Waals surface area contributed by atoms with Gasteiger partial charge in [0, 0.05) is 17.7 Å². The molecule has 19 heavy (non-hydrogen) atoms. The lowest BCUT2D eigenvalue weighted by molar-refractivity contribution is 0.0524. The zero-order valence-corrected chi connectivity index (χ0v) is 12.0. The number of thioether (sulfide) groups is 1. The van der Waals surface area contributed by atoms with Crippen molar-refractivity contribution in [2.24, 2.45) is 0 Å². The van der Waals surface area contributed by atoms with Gasteiger partial charge in [0.1, 0.15) is 0 Å². The van der Waals surface area contributed by atoms with E-state index in [1.807, 2.05) is 13.0 Å². The first-order chi connectivity index (χ1) is 9.22. The molecule has 1 aliphatic rings. The molecule has 4 heteroatoms. The predicted octanol–water partition coefficient (Wildman–Crippen LogP) is 3.62. The van der Waals surface area contributed by atoms with Gasteiger partial charge in [-0.25, -0.2) is 4.79 Å². The molecule has 0 aliphatic carbocycles. The van der Waals surface area contributed by atoms with Gasteiger partial charge in [-0.2, -0.15) is 0 Å². The fourth-order valence-electron chi connectivity index (χ4n) is 2.60. The van der Waals surface area contributed by atoms with Gasteiger partial charge in [-0.15, -0.1) is 11.8 Å². The summed E-state index contributed by atoms with van der Waals surface area (Å²) in [6, 6.07) is 6.26. The molecule has 1 aliphatic heterocycles. The number of hydrogen-bond acceptors (Lipinski definition) is 3. The summed E-state index contributed by atoms with van der Waals surface area (Å²) in [5, 5.41) is 2.10. The predicted molar refractivity (Wildman–Crippen MR) is 78.0 cm³/mol. The summed E-state index contributed by atoms with van der Waals surface area (Å²) in [6.07, 6.45) is 1.15. The second kappa shape index (κ2) is 4.93. The minimum absolute atomic E-state index is 0.195. The molecule has 2 aromatic rings. The Kier molecular flexibility index (Phi) is 3.27. The van der Waals surface area contributed by atoms with Crippen LogP contribution >= 0.6 is 11.8 Å². The van der Waals surface area contributed by atoms with Crippen LogP contribution in [0.25, 0.3) is 10.9 Å². The number of fused-ring (bicyclic) bond motifs is 3. The lowest BCUT2D eigenvalue weighted by Gasteiger charge is -2.16. The third kappa shape index (κ3) is 2.04. The largest absolute Gasteiger partial charge is 0.462 e. The SMILES string of the molecule is CCOC(=O)c1c2n(c3cc(C)ccc13)CCCS2. The van der Waals surface area contributed by atoms with Gasteiger partial charge in [-0.3, -0.25) is 0 Å². The maximum Gasteiger partial charge on any atom is 0.341 e. The zero-order valence-electron chi connectivity index (χ0n) is 11.2. The van der Waals surface area contributed by atoms with E-state index < -0.39 is 0 Å². The first-order valence-corrected chi connectivity index (χ1v) is 7.63. The van der Waals surface area contributed by atoms with Crippen molar-refractivity contribution >= 4 is 28.6 Å². The Morgan fingerprint density at radius 1 is 1.47 bits per heavy atom. The van der Waals surface area contributed by atoms with Gasteiger partial charge in [-0.05, 0) is 31.9 Å². The first-order valence-electron chi connectivity index (χ1n) is 6.65. The molecule has 2 heterocycles. The van der Waals surface area contributed by atoms with Crippen LogP contribution < -0.4 is 0 Å². The van der Waals surface area contributed by atoms with Crippen molar-refractivity contribution in [1.82, 2.24) is 4.57 Å². The quantitative estimate of drug-likeness (QED) is 0.784. The zero-order chi connectivity index (χ0) is 13.4. The van der Waals surface area contributed by atoms with Gasteiger partial charge in [-0.1, -0.05) is 12.1 Å². The lowest BCUT2D eigenvalue weighted by atomic mass is 10.1. The van der Waals surface area contributed by atoms with Crippen LogP contribution in [0.1, 0.15) is 29.3 Å². The highest BCUT2D eigenvalue weighted by Gasteiger charge is 2.25. The van der Waals surface area contributed by atoms with Crippen molar-refractivity contribution in [1.29, 1.82) is 0 Å².